The standard InChI is InChI=1S/C14H20N2O3S/c1-14(2,20-3)9-15-13(19)16-11(12(17)18)10-7-5-4-6-8-10/h4-8,11H,9H2,1-3H3,(H,17,18)(H2,15,16,19). The number of benzene rings is 1. The molecule has 1 aromatic carbocycles. The predicted molar refractivity (Wildman–Crippen MR) is 80.9 cm³/mol. The molecule has 0 radical (unpaired) electrons. The van der Waals surface area contributed by atoms with E-state index >= 15 is 0 Å². The molecular formula is C14H20N2O3S. The maximum absolute atomic E-state index is 11.8. The number of carbonyl (C=O) groups is 2. The number of thioether (sulfide) groups is 1. The minimum atomic E-state index is -1.09. The third kappa shape index (κ3) is 5.13. The summed E-state index contributed by atoms with van der Waals surface area (Å²) in [6.07, 6.45) is 1.96. The van der Waals surface area contributed by atoms with Crippen molar-refractivity contribution < 1.29 is 14.7 Å². The number of rotatable bonds is 6. The van der Waals surface area contributed by atoms with Crippen LogP contribution in [-0.2, 0) is 4.79 Å². The van der Waals surface area contributed by atoms with Gasteiger partial charge in [-0.25, -0.2) is 9.59 Å². The molecule has 6 heteroatoms. The minimum Gasteiger partial charge on any atom is -0.479 e. The molecule has 0 saturated carbocycles. The lowest BCUT2D eigenvalue weighted by molar-refractivity contribution is -0.139. The average Bonchev–Trinajstić information content (AvgIpc) is 2.43. The molecule has 0 saturated heterocycles. The highest BCUT2D eigenvalue weighted by atomic mass is 32.2. The molecule has 0 aliphatic carbocycles. The average molecular weight is 296 g/mol. The van der Waals surface area contributed by atoms with Gasteiger partial charge in [0, 0.05) is 11.3 Å². The number of amides is 2. The Morgan fingerprint density at radius 3 is 2.40 bits per heavy atom. The summed E-state index contributed by atoms with van der Waals surface area (Å²) in [6, 6.07) is 7.08. The Labute approximate surface area is 123 Å². The van der Waals surface area contributed by atoms with Crippen LogP contribution in [0, 0.1) is 0 Å². The largest absolute Gasteiger partial charge is 0.479 e. The zero-order valence-corrected chi connectivity index (χ0v) is 12.7. The second-order valence-electron chi connectivity index (χ2n) is 4.97. The number of urea groups is 1. The van der Waals surface area contributed by atoms with E-state index in [0.29, 0.717) is 12.1 Å². The van der Waals surface area contributed by atoms with Gasteiger partial charge >= 0.3 is 12.0 Å². The summed E-state index contributed by atoms with van der Waals surface area (Å²) in [6.45, 7) is 4.47. The van der Waals surface area contributed by atoms with E-state index in [1.54, 1.807) is 42.1 Å². The molecule has 0 aliphatic heterocycles. The Balaban J connectivity index is 2.64. The highest BCUT2D eigenvalue weighted by Crippen LogP contribution is 2.19. The van der Waals surface area contributed by atoms with Gasteiger partial charge in [0.05, 0.1) is 0 Å². The summed E-state index contributed by atoms with van der Waals surface area (Å²) in [5.41, 5.74) is 0.541. The van der Waals surface area contributed by atoms with Crippen LogP contribution in [0.3, 0.4) is 0 Å². The fourth-order valence-corrected chi connectivity index (χ4v) is 1.70. The van der Waals surface area contributed by atoms with E-state index in [9.17, 15) is 14.7 Å². The van der Waals surface area contributed by atoms with Crippen molar-refractivity contribution in [2.45, 2.75) is 24.6 Å². The molecule has 110 valence electrons. The quantitative estimate of drug-likeness (QED) is 0.752. The molecule has 5 nitrogen and oxygen atoms in total. The molecule has 0 spiro atoms. The highest BCUT2D eigenvalue weighted by Gasteiger charge is 2.23. The first-order valence-electron chi connectivity index (χ1n) is 6.23. The molecule has 0 heterocycles. The van der Waals surface area contributed by atoms with Crippen LogP contribution in [-0.4, -0.2) is 34.7 Å². The summed E-state index contributed by atoms with van der Waals surface area (Å²) >= 11 is 1.63. The molecule has 1 atom stereocenters. The lowest BCUT2D eigenvalue weighted by Crippen LogP contribution is -2.45. The van der Waals surface area contributed by atoms with Gasteiger partial charge in [-0.2, -0.15) is 11.8 Å². The van der Waals surface area contributed by atoms with Gasteiger partial charge in [-0.3, -0.25) is 0 Å². The lowest BCUT2D eigenvalue weighted by atomic mass is 10.1. The number of carbonyl (C=O) groups excluding carboxylic acids is 1. The first-order chi connectivity index (χ1) is 9.35. The summed E-state index contributed by atoms with van der Waals surface area (Å²) in [4.78, 5) is 23.0. The van der Waals surface area contributed by atoms with Crippen molar-refractivity contribution in [3.8, 4) is 0 Å². The number of carboxylic acid groups (broad SMARTS) is 1. The van der Waals surface area contributed by atoms with Crippen LogP contribution in [0.1, 0.15) is 25.5 Å². The van der Waals surface area contributed by atoms with E-state index in [0.717, 1.165) is 0 Å². The van der Waals surface area contributed by atoms with Crippen LogP contribution in [0.25, 0.3) is 0 Å². The molecule has 0 bridgehead atoms. The maximum atomic E-state index is 11.8. The number of hydrogen-bond acceptors (Lipinski definition) is 3. The molecule has 0 fully saturated rings. The van der Waals surface area contributed by atoms with Crippen LogP contribution >= 0.6 is 11.8 Å². The topological polar surface area (TPSA) is 78.4 Å². The first-order valence-corrected chi connectivity index (χ1v) is 7.45. The van der Waals surface area contributed by atoms with Gasteiger partial charge in [-0.1, -0.05) is 30.3 Å². The summed E-state index contributed by atoms with van der Waals surface area (Å²) < 4.78 is -0.0944. The number of hydrogen-bond donors (Lipinski definition) is 3. The van der Waals surface area contributed by atoms with Gasteiger partial charge in [-0.05, 0) is 25.7 Å². The van der Waals surface area contributed by atoms with Crippen molar-refractivity contribution in [3.05, 3.63) is 35.9 Å². The van der Waals surface area contributed by atoms with Crippen molar-refractivity contribution in [1.82, 2.24) is 10.6 Å². The molecular weight excluding hydrogens is 276 g/mol. The van der Waals surface area contributed by atoms with E-state index in [-0.39, 0.29) is 4.75 Å². The lowest BCUT2D eigenvalue weighted by Gasteiger charge is -2.23. The van der Waals surface area contributed by atoms with Gasteiger partial charge in [0.15, 0.2) is 6.04 Å². The van der Waals surface area contributed by atoms with Crippen LogP contribution in [0.4, 0.5) is 4.79 Å². The van der Waals surface area contributed by atoms with Crippen LogP contribution < -0.4 is 10.6 Å². The predicted octanol–water partition coefficient (Wildman–Crippen LogP) is 2.25. The van der Waals surface area contributed by atoms with Gasteiger partial charge in [-0.15, -0.1) is 0 Å². The van der Waals surface area contributed by atoms with E-state index in [1.807, 2.05) is 20.1 Å². The minimum absolute atomic E-state index is 0.0944. The molecule has 1 aromatic rings. The van der Waals surface area contributed by atoms with Crippen molar-refractivity contribution in [2.75, 3.05) is 12.8 Å². The van der Waals surface area contributed by atoms with Gasteiger partial charge in [0.25, 0.3) is 0 Å². The Morgan fingerprint density at radius 2 is 1.90 bits per heavy atom. The molecule has 3 N–H and O–H groups in total. The summed E-state index contributed by atoms with van der Waals surface area (Å²) in [5, 5.41) is 14.4. The van der Waals surface area contributed by atoms with Crippen molar-refractivity contribution >= 4 is 23.8 Å². The van der Waals surface area contributed by atoms with Crippen LogP contribution in [0.2, 0.25) is 0 Å². The number of nitrogens with one attached hydrogen (secondary N) is 2. The molecule has 1 unspecified atom stereocenters. The molecule has 0 aliphatic rings. The van der Waals surface area contributed by atoms with Gasteiger partial charge in [0.1, 0.15) is 0 Å². The second-order valence-corrected chi connectivity index (χ2v) is 6.49. The highest BCUT2D eigenvalue weighted by molar-refractivity contribution is 7.99. The van der Waals surface area contributed by atoms with Crippen molar-refractivity contribution in [2.24, 2.45) is 0 Å². The Kier molecular flexibility index (Phi) is 5.88. The SMILES string of the molecule is CSC(C)(C)CNC(=O)NC(C(=O)O)c1ccccc1. The smallest absolute Gasteiger partial charge is 0.330 e. The Bertz CT molecular complexity index is 463. The molecule has 1 rings (SSSR count). The second kappa shape index (κ2) is 7.19. The van der Waals surface area contributed by atoms with Crippen LogP contribution in [0.5, 0.6) is 0 Å². The Hall–Kier alpha value is -1.69. The van der Waals surface area contributed by atoms with Crippen LogP contribution in [0.15, 0.2) is 30.3 Å². The maximum Gasteiger partial charge on any atom is 0.330 e. The summed E-state index contributed by atoms with van der Waals surface area (Å²) in [5.74, 6) is -1.09. The fraction of sp³-hybridized carbons (Fsp3) is 0.429. The Morgan fingerprint density at radius 1 is 1.30 bits per heavy atom. The molecule has 2 amide bonds. The van der Waals surface area contributed by atoms with Crippen molar-refractivity contribution in [1.29, 1.82) is 0 Å². The molecule has 20 heavy (non-hydrogen) atoms. The van der Waals surface area contributed by atoms with E-state index in [2.05, 4.69) is 10.6 Å². The van der Waals surface area contributed by atoms with E-state index < -0.39 is 18.0 Å². The van der Waals surface area contributed by atoms with E-state index in [4.69, 9.17) is 0 Å². The first kappa shape index (κ1) is 16.4. The monoisotopic (exact) mass is 296 g/mol. The van der Waals surface area contributed by atoms with Crippen molar-refractivity contribution in [3.63, 3.8) is 0 Å². The van der Waals surface area contributed by atoms with Gasteiger partial charge in [0.2, 0.25) is 0 Å². The zero-order chi connectivity index (χ0) is 15.2. The number of carboxylic acids is 1. The third-order valence-electron chi connectivity index (χ3n) is 2.88. The fourth-order valence-electron chi connectivity index (χ4n) is 1.48. The summed E-state index contributed by atoms with van der Waals surface area (Å²) in [7, 11) is 0. The van der Waals surface area contributed by atoms with Gasteiger partial charge < -0.3 is 15.7 Å². The molecule has 0 aromatic heterocycles. The normalized spacial score (nSPS) is 12.6. The zero-order valence-electron chi connectivity index (χ0n) is 11.8. The third-order valence-corrected chi connectivity index (χ3v) is 4.13. The number of aliphatic carboxylic acids is 1. The van der Waals surface area contributed by atoms with E-state index in [1.165, 1.54) is 0 Å².